The summed E-state index contributed by atoms with van der Waals surface area (Å²) >= 11 is 5.10. The number of aromatic nitrogens is 3. The van der Waals surface area contributed by atoms with Crippen LogP contribution in [-0.2, 0) is 4.79 Å². The van der Waals surface area contributed by atoms with Gasteiger partial charge in [-0.15, -0.1) is 0 Å². The summed E-state index contributed by atoms with van der Waals surface area (Å²) in [5.74, 6) is 0.0725. The number of thioether (sulfide) groups is 1. The van der Waals surface area contributed by atoms with Crippen molar-refractivity contribution in [2.45, 2.75) is 18.6 Å². The summed E-state index contributed by atoms with van der Waals surface area (Å²) in [7, 11) is 1.77. The Kier molecular flexibility index (Phi) is 5.41. The second-order valence-corrected chi connectivity index (χ2v) is 6.69. The Morgan fingerprint density at radius 2 is 2.33 bits per heavy atom. The van der Waals surface area contributed by atoms with Crippen LogP contribution < -0.4 is 4.90 Å². The molecule has 0 N–H and O–H groups in total. The van der Waals surface area contributed by atoms with Crippen LogP contribution in [0.5, 0.6) is 0 Å². The Hall–Kier alpha value is -1.34. The Morgan fingerprint density at radius 1 is 1.57 bits per heavy atom. The molecule has 2 rings (SSSR count). The molecule has 0 spiro atoms. The van der Waals surface area contributed by atoms with Crippen molar-refractivity contribution in [1.82, 2.24) is 14.8 Å². The van der Waals surface area contributed by atoms with Crippen LogP contribution in [0.25, 0.3) is 5.69 Å². The fourth-order valence-corrected chi connectivity index (χ4v) is 2.64. The molecular weight excluding hydrogens is 352 g/mol. The molecule has 0 aromatic carbocycles. The monoisotopic (exact) mass is 368 g/mol. The SMILES string of the molecule is CS[C@@H](C)CC(=O)N(C)c1cn(-c2cccnc2)nc1Br. The summed E-state index contributed by atoms with van der Waals surface area (Å²) < 4.78 is 2.34. The molecule has 0 aliphatic rings. The van der Waals surface area contributed by atoms with Crippen molar-refractivity contribution in [1.29, 1.82) is 0 Å². The minimum Gasteiger partial charge on any atom is -0.312 e. The lowest BCUT2D eigenvalue weighted by atomic mass is 10.3. The first-order valence-electron chi connectivity index (χ1n) is 6.48. The minimum absolute atomic E-state index is 0.0725. The Bertz CT molecular complexity index is 617. The molecular formula is C14H17BrN4OS. The van der Waals surface area contributed by atoms with Gasteiger partial charge >= 0.3 is 0 Å². The maximum Gasteiger partial charge on any atom is 0.227 e. The molecule has 0 radical (unpaired) electrons. The van der Waals surface area contributed by atoms with E-state index in [4.69, 9.17) is 0 Å². The van der Waals surface area contributed by atoms with Crippen molar-refractivity contribution in [2.24, 2.45) is 0 Å². The van der Waals surface area contributed by atoms with Crippen molar-refractivity contribution in [3.8, 4) is 5.69 Å². The number of carbonyl (C=O) groups is 1. The summed E-state index contributed by atoms with van der Waals surface area (Å²) in [5, 5.41) is 4.68. The number of pyridine rings is 1. The largest absolute Gasteiger partial charge is 0.312 e. The average molecular weight is 369 g/mol. The van der Waals surface area contributed by atoms with E-state index in [9.17, 15) is 4.79 Å². The summed E-state index contributed by atoms with van der Waals surface area (Å²) in [6, 6.07) is 3.76. The van der Waals surface area contributed by atoms with Crippen LogP contribution in [0.4, 0.5) is 5.69 Å². The van der Waals surface area contributed by atoms with Gasteiger partial charge in [-0.2, -0.15) is 16.9 Å². The molecule has 0 bridgehead atoms. The number of carbonyl (C=O) groups excluding carboxylic acids is 1. The van der Waals surface area contributed by atoms with E-state index in [1.54, 1.807) is 40.8 Å². The van der Waals surface area contributed by atoms with Crippen LogP contribution in [0.1, 0.15) is 13.3 Å². The van der Waals surface area contributed by atoms with Gasteiger partial charge in [-0.05, 0) is 34.3 Å². The zero-order chi connectivity index (χ0) is 15.4. The predicted octanol–water partition coefficient (Wildman–Crippen LogP) is 3.13. The number of nitrogens with zero attached hydrogens (tertiary/aromatic N) is 4. The molecule has 0 unspecified atom stereocenters. The smallest absolute Gasteiger partial charge is 0.227 e. The molecule has 112 valence electrons. The van der Waals surface area contributed by atoms with Gasteiger partial charge in [0, 0.05) is 24.9 Å². The average Bonchev–Trinajstić information content (AvgIpc) is 2.89. The maximum atomic E-state index is 12.3. The van der Waals surface area contributed by atoms with E-state index in [0.29, 0.717) is 16.3 Å². The number of amides is 1. The van der Waals surface area contributed by atoms with Crippen LogP contribution >= 0.6 is 27.7 Å². The third-order valence-corrected chi connectivity index (χ3v) is 4.70. The Labute approximate surface area is 136 Å². The predicted molar refractivity (Wildman–Crippen MR) is 90.1 cm³/mol. The minimum atomic E-state index is 0.0725. The molecule has 1 amide bonds. The van der Waals surface area contributed by atoms with E-state index < -0.39 is 0 Å². The maximum absolute atomic E-state index is 12.3. The van der Waals surface area contributed by atoms with Crippen molar-refractivity contribution >= 4 is 39.3 Å². The topological polar surface area (TPSA) is 51.0 Å². The first-order valence-corrected chi connectivity index (χ1v) is 8.56. The Balaban J connectivity index is 2.21. The van der Waals surface area contributed by atoms with Crippen LogP contribution in [0, 0.1) is 0 Å². The first-order chi connectivity index (χ1) is 10.0. The zero-order valence-electron chi connectivity index (χ0n) is 12.2. The van der Waals surface area contributed by atoms with Gasteiger partial charge in [-0.3, -0.25) is 9.78 Å². The molecule has 2 heterocycles. The molecule has 21 heavy (non-hydrogen) atoms. The highest BCUT2D eigenvalue weighted by Gasteiger charge is 2.19. The van der Waals surface area contributed by atoms with Crippen LogP contribution in [-0.4, -0.2) is 39.2 Å². The fraction of sp³-hybridized carbons (Fsp3) is 0.357. The van der Waals surface area contributed by atoms with Gasteiger partial charge in [0.25, 0.3) is 0 Å². The van der Waals surface area contributed by atoms with Gasteiger partial charge in [0.05, 0.1) is 23.8 Å². The fourth-order valence-electron chi connectivity index (χ4n) is 1.79. The lowest BCUT2D eigenvalue weighted by molar-refractivity contribution is -0.118. The van der Waals surface area contributed by atoms with Gasteiger partial charge in [0.15, 0.2) is 4.60 Å². The van der Waals surface area contributed by atoms with E-state index >= 15 is 0 Å². The van der Waals surface area contributed by atoms with Crippen LogP contribution in [0.15, 0.2) is 35.3 Å². The normalized spacial score (nSPS) is 12.2. The molecule has 0 fully saturated rings. The summed E-state index contributed by atoms with van der Waals surface area (Å²) in [6.07, 6.45) is 7.77. The third kappa shape index (κ3) is 3.85. The number of halogens is 1. The van der Waals surface area contributed by atoms with Gasteiger partial charge in [-0.1, -0.05) is 6.92 Å². The van der Waals surface area contributed by atoms with Crippen LogP contribution in [0.2, 0.25) is 0 Å². The van der Waals surface area contributed by atoms with Crippen molar-refractivity contribution in [3.63, 3.8) is 0 Å². The second kappa shape index (κ2) is 7.09. The number of rotatable bonds is 5. The molecule has 0 aliphatic carbocycles. The summed E-state index contributed by atoms with van der Waals surface area (Å²) in [4.78, 5) is 18.0. The van der Waals surface area contributed by atoms with Gasteiger partial charge in [-0.25, -0.2) is 4.68 Å². The quantitative estimate of drug-likeness (QED) is 0.813. The highest BCUT2D eigenvalue weighted by atomic mass is 79.9. The third-order valence-electron chi connectivity index (χ3n) is 3.16. The van der Waals surface area contributed by atoms with E-state index in [0.717, 1.165) is 11.4 Å². The van der Waals surface area contributed by atoms with E-state index in [-0.39, 0.29) is 5.91 Å². The number of hydrogen-bond acceptors (Lipinski definition) is 4. The second-order valence-electron chi connectivity index (χ2n) is 4.66. The lowest BCUT2D eigenvalue weighted by Gasteiger charge is -2.17. The standard InChI is InChI=1S/C14H17BrN4OS/c1-10(21-3)7-13(20)18(2)12-9-19(17-14(12)15)11-5-4-6-16-8-11/h4-6,8-10H,7H2,1-3H3/t10-/m0/s1. The van der Waals surface area contributed by atoms with E-state index in [2.05, 4.69) is 26.0 Å². The molecule has 0 saturated carbocycles. The van der Waals surface area contributed by atoms with Crippen molar-refractivity contribution in [3.05, 3.63) is 35.3 Å². The molecule has 5 nitrogen and oxygen atoms in total. The number of anilines is 1. The zero-order valence-corrected chi connectivity index (χ0v) is 14.6. The van der Waals surface area contributed by atoms with Gasteiger partial charge < -0.3 is 4.90 Å². The lowest BCUT2D eigenvalue weighted by Crippen LogP contribution is -2.28. The highest BCUT2D eigenvalue weighted by molar-refractivity contribution is 9.10. The van der Waals surface area contributed by atoms with Crippen molar-refractivity contribution in [2.75, 3.05) is 18.2 Å². The highest BCUT2D eigenvalue weighted by Crippen LogP contribution is 2.26. The summed E-state index contributed by atoms with van der Waals surface area (Å²) in [5.41, 5.74) is 1.60. The molecule has 2 aromatic rings. The van der Waals surface area contributed by atoms with Gasteiger partial charge in [0.1, 0.15) is 0 Å². The summed E-state index contributed by atoms with van der Waals surface area (Å²) in [6.45, 7) is 2.05. The molecule has 0 aliphatic heterocycles. The van der Waals surface area contributed by atoms with Crippen molar-refractivity contribution < 1.29 is 4.79 Å². The van der Waals surface area contributed by atoms with Gasteiger partial charge in [0.2, 0.25) is 5.91 Å². The van der Waals surface area contributed by atoms with Crippen LogP contribution in [0.3, 0.4) is 0 Å². The van der Waals surface area contributed by atoms with E-state index in [1.165, 1.54) is 0 Å². The molecule has 7 heteroatoms. The van der Waals surface area contributed by atoms with E-state index in [1.807, 2.05) is 31.5 Å². The Morgan fingerprint density at radius 3 is 2.95 bits per heavy atom. The molecule has 1 atom stereocenters. The molecule has 2 aromatic heterocycles. The molecule has 0 saturated heterocycles. The first kappa shape index (κ1) is 16.0. The number of hydrogen-bond donors (Lipinski definition) is 0.